The smallest absolute Gasteiger partial charge is 0.333 e. The van der Waals surface area contributed by atoms with E-state index in [0.29, 0.717) is 12.6 Å². The lowest BCUT2D eigenvalue weighted by Gasteiger charge is -2.41. The standard InChI is InChI=1S/C21H25FN4O2/c1-21(20(27)28)14-26-11-3-4-18(26)19(23-21)25-12-9-17(10-13-25)24(2)16-7-5-15(22)6-8-16/h3-8,11,17H,9-10,12-14H2,1-2H3,(H,27,28). The summed E-state index contributed by atoms with van der Waals surface area (Å²) < 4.78 is 15.2. The fourth-order valence-corrected chi connectivity index (χ4v) is 4.11. The molecule has 7 heteroatoms. The van der Waals surface area contributed by atoms with Crippen LogP contribution in [0.15, 0.2) is 47.6 Å². The van der Waals surface area contributed by atoms with Gasteiger partial charge in [-0.05, 0) is 56.2 Å². The van der Waals surface area contributed by atoms with Gasteiger partial charge in [-0.2, -0.15) is 0 Å². The van der Waals surface area contributed by atoms with E-state index in [9.17, 15) is 14.3 Å². The van der Waals surface area contributed by atoms with Gasteiger partial charge in [-0.3, -0.25) is 0 Å². The molecule has 0 bridgehead atoms. The number of halogens is 1. The molecule has 148 valence electrons. The first-order valence-corrected chi connectivity index (χ1v) is 9.59. The SMILES string of the molecule is CN(c1ccc(F)cc1)C1CCN(C2=NC(C)(C(=O)O)Cn3cccc32)CC1. The van der Waals surface area contributed by atoms with Gasteiger partial charge in [0.15, 0.2) is 5.54 Å². The molecule has 1 N–H and O–H groups in total. The van der Waals surface area contributed by atoms with Crippen molar-refractivity contribution in [3.63, 3.8) is 0 Å². The van der Waals surface area contributed by atoms with Crippen molar-refractivity contribution in [1.29, 1.82) is 0 Å². The molecule has 1 fully saturated rings. The minimum absolute atomic E-state index is 0.230. The molecule has 2 aliphatic heterocycles. The van der Waals surface area contributed by atoms with E-state index in [1.165, 1.54) is 12.1 Å². The van der Waals surface area contributed by atoms with Crippen molar-refractivity contribution in [3.8, 4) is 0 Å². The predicted octanol–water partition coefficient (Wildman–Crippen LogP) is 2.83. The summed E-state index contributed by atoms with van der Waals surface area (Å²) in [5, 5.41) is 9.66. The third-order valence-corrected chi connectivity index (χ3v) is 5.90. The fraction of sp³-hybridized carbons (Fsp3) is 0.429. The maximum Gasteiger partial charge on any atom is 0.333 e. The Morgan fingerprint density at radius 1 is 1.25 bits per heavy atom. The fourth-order valence-electron chi connectivity index (χ4n) is 4.11. The average molecular weight is 384 g/mol. The number of carbonyl (C=O) groups is 1. The van der Waals surface area contributed by atoms with Crippen LogP contribution in [0.4, 0.5) is 10.1 Å². The van der Waals surface area contributed by atoms with Gasteiger partial charge >= 0.3 is 5.97 Å². The van der Waals surface area contributed by atoms with Crippen LogP contribution in [0, 0.1) is 5.82 Å². The molecular formula is C21H25FN4O2. The molecule has 1 aromatic carbocycles. The summed E-state index contributed by atoms with van der Waals surface area (Å²) in [6.45, 7) is 3.62. The van der Waals surface area contributed by atoms with Crippen molar-refractivity contribution in [2.24, 2.45) is 4.99 Å². The number of aliphatic imine (C=N–C) groups is 1. The number of aliphatic carboxylic acids is 1. The average Bonchev–Trinajstić information content (AvgIpc) is 3.15. The van der Waals surface area contributed by atoms with E-state index in [0.717, 1.165) is 43.1 Å². The highest BCUT2D eigenvalue weighted by Gasteiger charge is 2.39. The van der Waals surface area contributed by atoms with Crippen molar-refractivity contribution in [2.45, 2.75) is 37.9 Å². The van der Waals surface area contributed by atoms with E-state index in [1.54, 1.807) is 19.1 Å². The Labute approximate surface area is 163 Å². The minimum atomic E-state index is -1.15. The molecule has 3 heterocycles. The third kappa shape index (κ3) is 3.25. The molecule has 2 aliphatic rings. The largest absolute Gasteiger partial charge is 0.479 e. The Morgan fingerprint density at radius 2 is 1.93 bits per heavy atom. The molecule has 1 saturated heterocycles. The van der Waals surface area contributed by atoms with E-state index in [4.69, 9.17) is 0 Å². The van der Waals surface area contributed by atoms with Gasteiger partial charge in [0.2, 0.25) is 0 Å². The number of carboxylic acids is 1. The highest BCUT2D eigenvalue weighted by atomic mass is 19.1. The molecule has 1 aromatic heterocycles. The molecule has 0 radical (unpaired) electrons. The zero-order chi connectivity index (χ0) is 19.9. The minimum Gasteiger partial charge on any atom is -0.479 e. The number of piperidine rings is 1. The van der Waals surface area contributed by atoms with Gasteiger partial charge in [0, 0.05) is 38.1 Å². The molecule has 28 heavy (non-hydrogen) atoms. The van der Waals surface area contributed by atoms with Crippen molar-refractivity contribution in [3.05, 3.63) is 54.1 Å². The molecule has 0 saturated carbocycles. The zero-order valence-corrected chi connectivity index (χ0v) is 16.2. The summed E-state index contributed by atoms with van der Waals surface area (Å²) >= 11 is 0. The summed E-state index contributed by atoms with van der Waals surface area (Å²) in [5.74, 6) is -0.369. The number of amidine groups is 1. The van der Waals surface area contributed by atoms with Crippen LogP contribution in [0.25, 0.3) is 0 Å². The van der Waals surface area contributed by atoms with E-state index in [2.05, 4.69) is 14.8 Å². The second-order valence-electron chi connectivity index (χ2n) is 7.84. The van der Waals surface area contributed by atoms with Crippen LogP contribution in [0.2, 0.25) is 0 Å². The maximum atomic E-state index is 13.2. The second-order valence-corrected chi connectivity index (χ2v) is 7.84. The van der Waals surface area contributed by atoms with Gasteiger partial charge in [-0.1, -0.05) is 0 Å². The highest BCUT2D eigenvalue weighted by molar-refractivity contribution is 6.00. The van der Waals surface area contributed by atoms with Crippen LogP contribution < -0.4 is 4.90 Å². The molecular weight excluding hydrogens is 359 g/mol. The van der Waals surface area contributed by atoms with Gasteiger partial charge in [0.25, 0.3) is 0 Å². The highest BCUT2D eigenvalue weighted by Crippen LogP contribution is 2.28. The molecule has 0 spiro atoms. The lowest BCUT2D eigenvalue weighted by Crippen LogP contribution is -2.50. The van der Waals surface area contributed by atoms with Crippen molar-refractivity contribution in [2.75, 3.05) is 25.0 Å². The molecule has 1 unspecified atom stereocenters. The number of rotatable bonds is 3. The summed E-state index contributed by atoms with van der Waals surface area (Å²) in [5.41, 5.74) is 0.828. The number of benzene rings is 1. The lowest BCUT2D eigenvalue weighted by molar-refractivity contribution is -0.143. The topological polar surface area (TPSA) is 61.1 Å². The molecule has 6 nitrogen and oxygen atoms in total. The van der Waals surface area contributed by atoms with E-state index in [1.807, 2.05) is 29.9 Å². The first-order chi connectivity index (χ1) is 13.4. The van der Waals surface area contributed by atoms with Crippen LogP contribution in [0.5, 0.6) is 0 Å². The summed E-state index contributed by atoms with van der Waals surface area (Å²) in [7, 11) is 2.04. The summed E-state index contributed by atoms with van der Waals surface area (Å²) in [4.78, 5) is 20.8. The van der Waals surface area contributed by atoms with Gasteiger partial charge in [0.1, 0.15) is 11.7 Å². The Bertz CT molecular complexity index is 899. The molecule has 2 aromatic rings. The number of anilines is 1. The number of aromatic nitrogens is 1. The Morgan fingerprint density at radius 3 is 2.57 bits per heavy atom. The van der Waals surface area contributed by atoms with Gasteiger partial charge in [0.05, 0.1) is 12.2 Å². The summed E-state index contributed by atoms with van der Waals surface area (Å²) in [6, 6.07) is 10.9. The Hall–Kier alpha value is -2.83. The van der Waals surface area contributed by atoms with Crippen molar-refractivity contribution in [1.82, 2.24) is 9.47 Å². The lowest BCUT2D eigenvalue weighted by atomic mass is 9.99. The predicted molar refractivity (Wildman–Crippen MR) is 106 cm³/mol. The quantitative estimate of drug-likeness (QED) is 0.884. The monoisotopic (exact) mass is 384 g/mol. The number of carboxylic acid groups (broad SMARTS) is 1. The van der Waals surface area contributed by atoms with Gasteiger partial charge in [-0.15, -0.1) is 0 Å². The first kappa shape index (κ1) is 18.5. The van der Waals surface area contributed by atoms with Gasteiger partial charge < -0.3 is 19.5 Å². The van der Waals surface area contributed by atoms with E-state index in [-0.39, 0.29) is 5.82 Å². The van der Waals surface area contributed by atoms with Crippen LogP contribution >= 0.6 is 0 Å². The van der Waals surface area contributed by atoms with E-state index >= 15 is 0 Å². The summed E-state index contributed by atoms with van der Waals surface area (Å²) in [6.07, 6.45) is 3.77. The molecule has 4 rings (SSSR count). The zero-order valence-electron chi connectivity index (χ0n) is 16.2. The Balaban J connectivity index is 1.50. The molecule has 0 aliphatic carbocycles. The first-order valence-electron chi connectivity index (χ1n) is 9.59. The third-order valence-electron chi connectivity index (χ3n) is 5.90. The number of likely N-dealkylation sites (tertiary alicyclic amines) is 1. The van der Waals surface area contributed by atoms with Crippen molar-refractivity contribution >= 4 is 17.5 Å². The number of hydrogen-bond acceptors (Lipinski definition) is 4. The van der Waals surface area contributed by atoms with E-state index < -0.39 is 11.5 Å². The molecule has 0 amide bonds. The van der Waals surface area contributed by atoms with Crippen LogP contribution in [0.1, 0.15) is 25.5 Å². The number of nitrogens with zero attached hydrogens (tertiary/aromatic N) is 4. The normalized spacial score (nSPS) is 22.5. The van der Waals surface area contributed by atoms with Crippen LogP contribution in [-0.2, 0) is 11.3 Å². The Kier molecular flexibility index (Phi) is 4.61. The number of hydrogen-bond donors (Lipinski definition) is 1. The number of fused-ring (bicyclic) bond motifs is 1. The van der Waals surface area contributed by atoms with Crippen LogP contribution in [-0.4, -0.2) is 58.1 Å². The maximum absolute atomic E-state index is 13.2. The van der Waals surface area contributed by atoms with Crippen LogP contribution in [0.3, 0.4) is 0 Å². The van der Waals surface area contributed by atoms with Gasteiger partial charge in [-0.25, -0.2) is 14.2 Å². The second kappa shape index (κ2) is 6.96. The molecule has 1 atom stereocenters. The van der Waals surface area contributed by atoms with Crippen molar-refractivity contribution < 1.29 is 14.3 Å².